The van der Waals surface area contributed by atoms with Crippen molar-refractivity contribution in [2.75, 3.05) is 31.1 Å². The van der Waals surface area contributed by atoms with Gasteiger partial charge in [0.15, 0.2) is 0 Å². The molecule has 1 aliphatic rings. The highest BCUT2D eigenvalue weighted by Gasteiger charge is 2.21. The minimum absolute atomic E-state index is 0.134. The number of carbonyl (C=O) groups is 1. The third-order valence-corrected chi connectivity index (χ3v) is 5.49. The third-order valence-electron chi connectivity index (χ3n) is 4.57. The van der Waals surface area contributed by atoms with Crippen molar-refractivity contribution in [3.05, 3.63) is 57.9 Å². The molecule has 4 rings (SSSR count). The van der Waals surface area contributed by atoms with Crippen molar-refractivity contribution in [3.8, 4) is 0 Å². The number of aromatic nitrogens is 1. The Kier molecular flexibility index (Phi) is 4.59. The fourth-order valence-corrected chi connectivity index (χ4v) is 4.11. The molecule has 3 aromatic rings. The molecule has 6 heteroatoms. The number of amides is 1. The van der Waals surface area contributed by atoms with Crippen LogP contribution in [0.1, 0.15) is 16.8 Å². The number of nitrogens with zero attached hydrogens (tertiary/aromatic N) is 3. The average molecular weight is 372 g/mol. The van der Waals surface area contributed by atoms with Crippen LogP contribution in [0, 0.1) is 0 Å². The van der Waals surface area contributed by atoms with Crippen molar-refractivity contribution in [2.45, 2.75) is 6.42 Å². The van der Waals surface area contributed by atoms with Gasteiger partial charge in [0.2, 0.25) is 0 Å². The highest BCUT2D eigenvalue weighted by Crippen LogP contribution is 2.28. The van der Waals surface area contributed by atoms with Crippen molar-refractivity contribution >= 4 is 45.4 Å². The van der Waals surface area contributed by atoms with Gasteiger partial charge in [-0.3, -0.25) is 9.78 Å². The smallest absolute Gasteiger partial charge is 0.254 e. The van der Waals surface area contributed by atoms with Gasteiger partial charge in [-0.15, -0.1) is 0 Å². The van der Waals surface area contributed by atoms with Crippen LogP contribution in [0.5, 0.6) is 0 Å². The Labute approximate surface area is 155 Å². The van der Waals surface area contributed by atoms with E-state index in [0.717, 1.165) is 54.8 Å². The lowest BCUT2D eigenvalue weighted by atomic mass is 10.1. The first-order valence-electron chi connectivity index (χ1n) is 8.33. The number of fused-ring (bicyclic) bond motifs is 1. The van der Waals surface area contributed by atoms with Crippen LogP contribution in [0.3, 0.4) is 0 Å². The number of halogens is 1. The summed E-state index contributed by atoms with van der Waals surface area (Å²) in [5.41, 5.74) is 2.86. The second-order valence-electron chi connectivity index (χ2n) is 6.14. The highest BCUT2D eigenvalue weighted by atomic mass is 35.5. The van der Waals surface area contributed by atoms with E-state index in [0.29, 0.717) is 5.02 Å². The summed E-state index contributed by atoms with van der Waals surface area (Å²) in [7, 11) is 0. The molecule has 0 bridgehead atoms. The number of anilines is 1. The van der Waals surface area contributed by atoms with Crippen molar-refractivity contribution < 1.29 is 4.79 Å². The Morgan fingerprint density at radius 3 is 2.88 bits per heavy atom. The molecule has 0 atom stereocenters. The predicted octanol–water partition coefficient (Wildman–Crippen LogP) is 4.30. The number of carbonyl (C=O) groups excluding carboxylic acids is 1. The zero-order valence-electron chi connectivity index (χ0n) is 13.7. The van der Waals surface area contributed by atoms with Crippen LogP contribution < -0.4 is 4.90 Å². The zero-order chi connectivity index (χ0) is 17.2. The molecule has 0 unspecified atom stereocenters. The number of pyridine rings is 1. The number of thiophene rings is 1. The van der Waals surface area contributed by atoms with Crippen LogP contribution in [0.15, 0.2) is 47.3 Å². The Morgan fingerprint density at radius 1 is 1.12 bits per heavy atom. The summed E-state index contributed by atoms with van der Waals surface area (Å²) in [5.74, 6) is 0.134. The van der Waals surface area contributed by atoms with E-state index in [-0.39, 0.29) is 5.91 Å². The molecule has 1 saturated heterocycles. The van der Waals surface area contributed by atoms with Crippen molar-refractivity contribution in [2.24, 2.45) is 0 Å². The van der Waals surface area contributed by atoms with E-state index < -0.39 is 0 Å². The molecular formula is C19H18ClN3OS. The van der Waals surface area contributed by atoms with E-state index in [4.69, 9.17) is 11.6 Å². The predicted molar refractivity (Wildman–Crippen MR) is 104 cm³/mol. The Balaban J connectivity index is 1.56. The maximum atomic E-state index is 12.6. The summed E-state index contributed by atoms with van der Waals surface area (Å²) < 4.78 is 0. The molecule has 1 aromatic carbocycles. The van der Waals surface area contributed by atoms with Crippen molar-refractivity contribution in [1.82, 2.24) is 9.88 Å². The van der Waals surface area contributed by atoms with Gasteiger partial charge in [-0.05, 0) is 42.1 Å². The fraction of sp³-hybridized carbons (Fsp3) is 0.263. The Hall–Kier alpha value is -2.11. The van der Waals surface area contributed by atoms with E-state index in [2.05, 4.69) is 9.88 Å². The average Bonchev–Trinajstić information content (AvgIpc) is 3.05. The topological polar surface area (TPSA) is 36.4 Å². The van der Waals surface area contributed by atoms with Gasteiger partial charge in [-0.1, -0.05) is 11.6 Å². The largest absolute Gasteiger partial charge is 0.369 e. The minimum atomic E-state index is 0.134. The summed E-state index contributed by atoms with van der Waals surface area (Å²) in [6.45, 7) is 3.26. The molecular weight excluding hydrogens is 354 g/mol. The quantitative estimate of drug-likeness (QED) is 0.673. The van der Waals surface area contributed by atoms with Gasteiger partial charge < -0.3 is 9.80 Å². The summed E-state index contributed by atoms with van der Waals surface area (Å²) in [6.07, 6.45) is 2.78. The monoisotopic (exact) mass is 371 g/mol. The second kappa shape index (κ2) is 7.02. The normalized spacial score (nSPS) is 15.4. The minimum Gasteiger partial charge on any atom is -0.369 e. The molecule has 25 heavy (non-hydrogen) atoms. The molecule has 0 spiro atoms. The van der Waals surface area contributed by atoms with E-state index in [1.54, 1.807) is 11.3 Å². The number of hydrogen-bond acceptors (Lipinski definition) is 4. The van der Waals surface area contributed by atoms with Gasteiger partial charge in [0.05, 0.1) is 11.1 Å². The molecule has 0 radical (unpaired) electrons. The molecule has 1 fully saturated rings. The molecule has 0 saturated carbocycles. The van der Waals surface area contributed by atoms with Crippen LogP contribution in [0.4, 0.5) is 5.69 Å². The molecule has 1 amide bonds. The Morgan fingerprint density at radius 2 is 2.04 bits per heavy atom. The van der Waals surface area contributed by atoms with Gasteiger partial charge in [-0.25, -0.2) is 0 Å². The van der Waals surface area contributed by atoms with Gasteiger partial charge in [-0.2, -0.15) is 11.3 Å². The summed E-state index contributed by atoms with van der Waals surface area (Å²) in [5, 5.41) is 5.67. The van der Waals surface area contributed by atoms with Crippen LogP contribution in [-0.2, 0) is 0 Å². The number of benzene rings is 1. The van der Waals surface area contributed by atoms with Crippen LogP contribution in [-0.4, -0.2) is 42.0 Å². The van der Waals surface area contributed by atoms with E-state index >= 15 is 0 Å². The molecule has 0 aliphatic carbocycles. The lowest BCUT2D eigenvalue weighted by Gasteiger charge is -2.24. The second-order valence-corrected chi connectivity index (χ2v) is 7.35. The van der Waals surface area contributed by atoms with Gasteiger partial charge in [0.1, 0.15) is 0 Å². The van der Waals surface area contributed by atoms with Crippen molar-refractivity contribution in [3.63, 3.8) is 0 Å². The van der Waals surface area contributed by atoms with E-state index in [9.17, 15) is 4.79 Å². The molecule has 4 nitrogen and oxygen atoms in total. The fourth-order valence-electron chi connectivity index (χ4n) is 3.31. The first-order chi connectivity index (χ1) is 12.2. The SMILES string of the molecule is O=C(c1ccsc1)N1CCCN(c2ccnc3cc(Cl)ccc23)CC1. The summed E-state index contributed by atoms with van der Waals surface area (Å²) in [4.78, 5) is 21.3. The maximum absolute atomic E-state index is 12.6. The maximum Gasteiger partial charge on any atom is 0.254 e. The molecule has 2 aromatic heterocycles. The van der Waals surface area contributed by atoms with Crippen LogP contribution >= 0.6 is 22.9 Å². The van der Waals surface area contributed by atoms with E-state index in [1.807, 2.05) is 52.2 Å². The number of rotatable bonds is 2. The Bertz CT molecular complexity index is 897. The van der Waals surface area contributed by atoms with Crippen LogP contribution in [0.2, 0.25) is 5.02 Å². The van der Waals surface area contributed by atoms with E-state index in [1.165, 1.54) is 0 Å². The van der Waals surface area contributed by atoms with Gasteiger partial charge in [0.25, 0.3) is 5.91 Å². The standard InChI is InChI=1S/C19H18ClN3OS/c20-15-2-3-16-17(12-15)21-6-4-18(16)22-7-1-8-23(10-9-22)19(24)14-5-11-25-13-14/h2-6,11-13H,1,7-10H2. The molecule has 1 aliphatic heterocycles. The van der Waals surface area contributed by atoms with Gasteiger partial charge >= 0.3 is 0 Å². The first-order valence-corrected chi connectivity index (χ1v) is 9.65. The lowest BCUT2D eigenvalue weighted by molar-refractivity contribution is 0.0767. The summed E-state index contributed by atoms with van der Waals surface area (Å²) in [6, 6.07) is 9.77. The molecule has 0 N–H and O–H groups in total. The number of hydrogen-bond donors (Lipinski definition) is 0. The molecule has 128 valence electrons. The molecule has 3 heterocycles. The highest BCUT2D eigenvalue weighted by molar-refractivity contribution is 7.08. The van der Waals surface area contributed by atoms with Crippen LogP contribution in [0.25, 0.3) is 10.9 Å². The summed E-state index contributed by atoms with van der Waals surface area (Å²) >= 11 is 7.65. The third kappa shape index (κ3) is 3.34. The van der Waals surface area contributed by atoms with Crippen molar-refractivity contribution in [1.29, 1.82) is 0 Å². The zero-order valence-corrected chi connectivity index (χ0v) is 15.3. The first kappa shape index (κ1) is 16.4. The lowest BCUT2D eigenvalue weighted by Crippen LogP contribution is -2.35. The van der Waals surface area contributed by atoms with Gasteiger partial charge in [0, 0.05) is 53.9 Å².